The van der Waals surface area contributed by atoms with E-state index in [1.807, 2.05) is 0 Å². The lowest BCUT2D eigenvalue weighted by molar-refractivity contribution is -0.116. The van der Waals surface area contributed by atoms with E-state index in [0.29, 0.717) is 21.6 Å². The second-order valence-corrected chi connectivity index (χ2v) is 5.15. The standard InChI is InChI=1S/C14H14BrN3O3/c1-21-12-7-9(16)4-5-11(12)17-13(19)8-18-6-2-3-10(15)14(18)20/h2-7H,8,16H2,1H3,(H,17,19). The number of benzene rings is 1. The van der Waals surface area contributed by atoms with Crippen LogP contribution < -0.4 is 21.3 Å². The highest BCUT2D eigenvalue weighted by Gasteiger charge is 2.10. The highest BCUT2D eigenvalue weighted by Crippen LogP contribution is 2.26. The van der Waals surface area contributed by atoms with Gasteiger partial charge in [-0.25, -0.2) is 0 Å². The summed E-state index contributed by atoms with van der Waals surface area (Å²) < 4.78 is 6.86. The van der Waals surface area contributed by atoms with Gasteiger partial charge in [0.25, 0.3) is 5.56 Å². The van der Waals surface area contributed by atoms with Gasteiger partial charge in [-0.3, -0.25) is 9.59 Å². The number of pyridine rings is 1. The van der Waals surface area contributed by atoms with E-state index in [0.717, 1.165) is 0 Å². The first kappa shape index (κ1) is 15.1. The van der Waals surface area contributed by atoms with Gasteiger partial charge in [0.1, 0.15) is 12.3 Å². The van der Waals surface area contributed by atoms with Crippen LogP contribution in [0.4, 0.5) is 11.4 Å². The number of nitrogen functional groups attached to an aromatic ring is 1. The zero-order chi connectivity index (χ0) is 15.4. The van der Waals surface area contributed by atoms with Gasteiger partial charge < -0.3 is 20.4 Å². The van der Waals surface area contributed by atoms with Crippen LogP contribution in [0.3, 0.4) is 0 Å². The Balaban J connectivity index is 2.16. The molecule has 6 nitrogen and oxygen atoms in total. The summed E-state index contributed by atoms with van der Waals surface area (Å²) in [5.41, 5.74) is 6.42. The maximum Gasteiger partial charge on any atom is 0.265 e. The number of nitrogens with one attached hydrogen (secondary N) is 1. The van der Waals surface area contributed by atoms with Crippen molar-refractivity contribution in [3.8, 4) is 5.75 Å². The Kier molecular flexibility index (Phi) is 4.64. The molecule has 0 saturated heterocycles. The van der Waals surface area contributed by atoms with E-state index in [2.05, 4.69) is 21.2 Å². The van der Waals surface area contributed by atoms with Crippen molar-refractivity contribution in [2.24, 2.45) is 0 Å². The molecule has 3 N–H and O–H groups in total. The number of methoxy groups -OCH3 is 1. The molecule has 0 aliphatic heterocycles. The van der Waals surface area contributed by atoms with Crippen LogP contribution in [-0.2, 0) is 11.3 Å². The minimum absolute atomic E-state index is 0.0915. The maximum absolute atomic E-state index is 12.0. The van der Waals surface area contributed by atoms with Gasteiger partial charge in [0.15, 0.2) is 0 Å². The number of carbonyl (C=O) groups excluding carboxylic acids is 1. The van der Waals surface area contributed by atoms with Gasteiger partial charge in [-0.1, -0.05) is 0 Å². The fourth-order valence-corrected chi connectivity index (χ4v) is 2.17. The average molecular weight is 352 g/mol. The fraction of sp³-hybridized carbons (Fsp3) is 0.143. The summed E-state index contributed by atoms with van der Waals surface area (Å²) in [6, 6.07) is 8.22. The van der Waals surface area contributed by atoms with Gasteiger partial charge in [-0.2, -0.15) is 0 Å². The first-order valence-corrected chi connectivity index (χ1v) is 6.89. The van der Waals surface area contributed by atoms with Crippen molar-refractivity contribution >= 4 is 33.2 Å². The molecule has 7 heteroatoms. The molecule has 1 heterocycles. The van der Waals surface area contributed by atoms with E-state index < -0.39 is 0 Å². The third kappa shape index (κ3) is 3.63. The quantitative estimate of drug-likeness (QED) is 0.823. The normalized spacial score (nSPS) is 10.2. The van der Waals surface area contributed by atoms with Crippen LogP contribution in [0.1, 0.15) is 0 Å². The maximum atomic E-state index is 12.0. The SMILES string of the molecule is COc1cc(N)ccc1NC(=O)Cn1cccc(Br)c1=O. The van der Waals surface area contributed by atoms with Crippen LogP contribution in [0.2, 0.25) is 0 Å². The van der Waals surface area contributed by atoms with E-state index >= 15 is 0 Å². The number of halogens is 1. The second kappa shape index (κ2) is 6.45. The average Bonchev–Trinajstić information content (AvgIpc) is 2.45. The summed E-state index contributed by atoms with van der Waals surface area (Å²) in [6.45, 7) is -0.0915. The number of amides is 1. The van der Waals surface area contributed by atoms with Crippen molar-refractivity contribution in [3.05, 3.63) is 51.4 Å². The van der Waals surface area contributed by atoms with Gasteiger partial charge in [0.2, 0.25) is 5.91 Å². The summed E-state index contributed by atoms with van der Waals surface area (Å²) in [6.07, 6.45) is 1.55. The van der Waals surface area contributed by atoms with Crippen molar-refractivity contribution in [1.29, 1.82) is 0 Å². The second-order valence-electron chi connectivity index (χ2n) is 4.30. The number of carbonyl (C=O) groups is 1. The van der Waals surface area contributed by atoms with E-state index in [9.17, 15) is 9.59 Å². The fourth-order valence-electron chi connectivity index (χ4n) is 1.79. The molecule has 0 unspecified atom stereocenters. The zero-order valence-corrected chi connectivity index (χ0v) is 12.9. The topological polar surface area (TPSA) is 86.3 Å². The predicted octanol–water partition coefficient (Wildman–Crippen LogP) is 1.84. The van der Waals surface area contributed by atoms with Crippen LogP contribution in [0.25, 0.3) is 0 Å². The number of nitrogens with two attached hydrogens (primary N) is 1. The minimum atomic E-state index is -0.335. The Morgan fingerprint density at radius 3 is 2.90 bits per heavy atom. The zero-order valence-electron chi connectivity index (χ0n) is 11.3. The minimum Gasteiger partial charge on any atom is -0.494 e. The molecule has 1 amide bonds. The Bertz CT molecular complexity index is 728. The molecule has 1 aromatic carbocycles. The van der Waals surface area contributed by atoms with Crippen molar-refractivity contribution in [1.82, 2.24) is 4.57 Å². The smallest absolute Gasteiger partial charge is 0.265 e. The molecule has 0 bridgehead atoms. The third-order valence-electron chi connectivity index (χ3n) is 2.79. The van der Waals surface area contributed by atoms with E-state index in [4.69, 9.17) is 10.5 Å². The third-order valence-corrected chi connectivity index (χ3v) is 3.39. The van der Waals surface area contributed by atoms with Gasteiger partial charge in [-0.05, 0) is 40.2 Å². The van der Waals surface area contributed by atoms with Gasteiger partial charge in [-0.15, -0.1) is 0 Å². The molecule has 0 radical (unpaired) electrons. The Labute approximate surface area is 129 Å². The van der Waals surface area contributed by atoms with Crippen LogP contribution in [0.5, 0.6) is 5.75 Å². The van der Waals surface area contributed by atoms with Crippen LogP contribution in [-0.4, -0.2) is 17.6 Å². The predicted molar refractivity (Wildman–Crippen MR) is 84.4 cm³/mol. The van der Waals surface area contributed by atoms with E-state index in [1.165, 1.54) is 11.7 Å². The molecule has 0 aliphatic carbocycles. The number of aromatic nitrogens is 1. The summed E-state index contributed by atoms with van der Waals surface area (Å²) in [5, 5.41) is 2.69. The van der Waals surface area contributed by atoms with Gasteiger partial charge in [0.05, 0.1) is 17.3 Å². The van der Waals surface area contributed by atoms with Crippen molar-refractivity contribution < 1.29 is 9.53 Å². The number of rotatable bonds is 4. The van der Waals surface area contributed by atoms with Crippen LogP contribution >= 0.6 is 15.9 Å². The van der Waals surface area contributed by atoms with E-state index in [-0.39, 0.29) is 18.0 Å². The monoisotopic (exact) mass is 351 g/mol. The Morgan fingerprint density at radius 2 is 2.19 bits per heavy atom. The number of anilines is 2. The Hall–Kier alpha value is -2.28. The first-order valence-electron chi connectivity index (χ1n) is 6.09. The molecule has 21 heavy (non-hydrogen) atoms. The van der Waals surface area contributed by atoms with Crippen molar-refractivity contribution in [2.45, 2.75) is 6.54 Å². The molecule has 1 aromatic heterocycles. The van der Waals surface area contributed by atoms with E-state index in [1.54, 1.807) is 36.5 Å². The highest BCUT2D eigenvalue weighted by molar-refractivity contribution is 9.10. The molecule has 110 valence electrons. The summed E-state index contributed by atoms with van der Waals surface area (Å²) in [4.78, 5) is 23.8. The number of hydrogen-bond donors (Lipinski definition) is 2. The highest BCUT2D eigenvalue weighted by atomic mass is 79.9. The Morgan fingerprint density at radius 1 is 1.43 bits per heavy atom. The summed E-state index contributed by atoms with van der Waals surface area (Å²) in [5.74, 6) is 0.128. The molecule has 0 fully saturated rings. The molecular weight excluding hydrogens is 338 g/mol. The lowest BCUT2D eigenvalue weighted by Crippen LogP contribution is -2.27. The number of ether oxygens (including phenoxy) is 1. The van der Waals surface area contributed by atoms with Crippen LogP contribution in [0.15, 0.2) is 45.8 Å². The number of nitrogens with zero attached hydrogens (tertiary/aromatic N) is 1. The van der Waals surface area contributed by atoms with Crippen LogP contribution in [0, 0.1) is 0 Å². The molecular formula is C14H14BrN3O3. The van der Waals surface area contributed by atoms with Gasteiger partial charge in [0, 0.05) is 18.0 Å². The molecule has 0 atom stereocenters. The van der Waals surface area contributed by atoms with Crippen molar-refractivity contribution in [3.63, 3.8) is 0 Å². The first-order chi connectivity index (χ1) is 10.0. The molecule has 0 saturated carbocycles. The van der Waals surface area contributed by atoms with Crippen molar-refractivity contribution in [2.75, 3.05) is 18.2 Å². The van der Waals surface area contributed by atoms with Gasteiger partial charge >= 0.3 is 0 Å². The summed E-state index contributed by atoms with van der Waals surface area (Å²) in [7, 11) is 1.49. The molecule has 2 rings (SSSR count). The lowest BCUT2D eigenvalue weighted by Gasteiger charge is -2.11. The molecule has 0 spiro atoms. The molecule has 2 aromatic rings. The lowest BCUT2D eigenvalue weighted by atomic mass is 10.2. The largest absolute Gasteiger partial charge is 0.494 e. The molecule has 0 aliphatic rings. The summed E-state index contributed by atoms with van der Waals surface area (Å²) >= 11 is 3.13. The number of hydrogen-bond acceptors (Lipinski definition) is 4.